The number of amides is 1. The summed E-state index contributed by atoms with van der Waals surface area (Å²) in [5, 5.41) is 5.60. The van der Waals surface area contributed by atoms with E-state index in [1.807, 2.05) is 56.4 Å². The van der Waals surface area contributed by atoms with E-state index in [0.717, 1.165) is 40.8 Å². The SMILES string of the molecule is Cc1ccc(-c2ccnc(-n3ncc(C(=O)N(C)Cc4cccc5ncccc45)c3C3CC3)n2)o1. The zero-order chi connectivity index (χ0) is 23.9. The highest BCUT2D eigenvalue weighted by atomic mass is 16.3. The van der Waals surface area contributed by atoms with Crippen molar-refractivity contribution in [3.8, 4) is 17.4 Å². The van der Waals surface area contributed by atoms with E-state index in [4.69, 9.17) is 4.42 Å². The van der Waals surface area contributed by atoms with E-state index in [-0.39, 0.29) is 11.8 Å². The first-order valence-corrected chi connectivity index (χ1v) is 11.6. The number of furan rings is 1. The summed E-state index contributed by atoms with van der Waals surface area (Å²) in [6, 6.07) is 15.5. The Balaban J connectivity index is 1.33. The molecule has 174 valence electrons. The zero-order valence-corrected chi connectivity index (χ0v) is 19.5. The third kappa shape index (κ3) is 3.97. The van der Waals surface area contributed by atoms with Gasteiger partial charge in [-0.05, 0) is 55.7 Å². The van der Waals surface area contributed by atoms with Gasteiger partial charge in [0.2, 0.25) is 0 Å². The van der Waals surface area contributed by atoms with E-state index in [1.54, 1.807) is 34.2 Å². The molecule has 8 heteroatoms. The van der Waals surface area contributed by atoms with E-state index in [1.165, 1.54) is 0 Å². The molecule has 0 aliphatic heterocycles. The lowest BCUT2D eigenvalue weighted by Gasteiger charge is -2.19. The summed E-state index contributed by atoms with van der Waals surface area (Å²) >= 11 is 0. The molecular formula is C27H24N6O2. The molecule has 35 heavy (non-hydrogen) atoms. The Morgan fingerprint density at radius 1 is 1.09 bits per heavy atom. The third-order valence-electron chi connectivity index (χ3n) is 6.32. The van der Waals surface area contributed by atoms with Crippen molar-refractivity contribution in [2.75, 3.05) is 7.05 Å². The van der Waals surface area contributed by atoms with Crippen LogP contribution in [0.3, 0.4) is 0 Å². The van der Waals surface area contributed by atoms with Gasteiger partial charge in [-0.25, -0.2) is 14.6 Å². The molecule has 1 amide bonds. The maximum atomic E-state index is 13.6. The lowest BCUT2D eigenvalue weighted by molar-refractivity contribution is 0.0784. The molecular weight excluding hydrogens is 440 g/mol. The van der Waals surface area contributed by atoms with E-state index >= 15 is 0 Å². The van der Waals surface area contributed by atoms with Gasteiger partial charge < -0.3 is 9.32 Å². The van der Waals surface area contributed by atoms with Crippen molar-refractivity contribution in [2.24, 2.45) is 0 Å². The number of fused-ring (bicyclic) bond motifs is 1. The fraction of sp³-hybridized carbons (Fsp3) is 0.222. The molecule has 0 atom stereocenters. The van der Waals surface area contributed by atoms with Crippen LogP contribution in [0.4, 0.5) is 0 Å². The number of aryl methyl sites for hydroxylation is 1. The monoisotopic (exact) mass is 464 g/mol. The van der Waals surface area contributed by atoms with Crippen molar-refractivity contribution in [3.63, 3.8) is 0 Å². The van der Waals surface area contributed by atoms with Gasteiger partial charge >= 0.3 is 0 Å². The maximum Gasteiger partial charge on any atom is 0.257 e. The number of hydrogen-bond acceptors (Lipinski definition) is 6. The predicted molar refractivity (Wildman–Crippen MR) is 131 cm³/mol. The van der Waals surface area contributed by atoms with Crippen molar-refractivity contribution in [1.82, 2.24) is 29.6 Å². The van der Waals surface area contributed by atoms with E-state index < -0.39 is 0 Å². The number of aromatic nitrogens is 5. The van der Waals surface area contributed by atoms with Gasteiger partial charge in [0, 0.05) is 37.3 Å². The molecule has 1 fully saturated rings. The van der Waals surface area contributed by atoms with Crippen LogP contribution in [0.1, 0.15) is 46.1 Å². The van der Waals surface area contributed by atoms with Crippen molar-refractivity contribution in [1.29, 1.82) is 0 Å². The van der Waals surface area contributed by atoms with Crippen molar-refractivity contribution >= 4 is 16.8 Å². The van der Waals surface area contributed by atoms with Crippen molar-refractivity contribution in [3.05, 3.63) is 89.7 Å². The molecule has 4 aromatic heterocycles. The molecule has 1 saturated carbocycles. The van der Waals surface area contributed by atoms with E-state index in [0.29, 0.717) is 29.5 Å². The predicted octanol–water partition coefficient (Wildman–Crippen LogP) is 4.93. The van der Waals surface area contributed by atoms with Gasteiger partial charge in [0.1, 0.15) is 11.5 Å². The van der Waals surface area contributed by atoms with Gasteiger partial charge in [-0.3, -0.25) is 9.78 Å². The molecule has 0 radical (unpaired) electrons. The molecule has 1 aliphatic rings. The summed E-state index contributed by atoms with van der Waals surface area (Å²) in [5.41, 5.74) is 4.11. The number of benzene rings is 1. The second kappa shape index (κ2) is 8.47. The molecule has 5 aromatic rings. The van der Waals surface area contributed by atoms with Gasteiger partial charge in [0.25, 0.3) is 11.9 Å². The summed E-state index contributed by atoms with van der Waals surface area (Å²) < 4.78 is 7.44. The number of carbonyl (C=O) groups excluding carboxylic acids is 1. The Kier molecular flexibility index (Phi) is 5.13. The molecule has 8 nitrogen and oxygen atoms in total. The highest BCUT2D eigenvalue weighted by Crippen LogP contribution is 2.42. The number of hydrogen-bond donors (Lipinski definition) is 0. The minimum atomic E-state index is -0.0724. The second-order valence-corrected chi connectivity index (χ2v) is 8.93. The Bertz CT molecular complexity index is 1540. The van der Waals surface area contributed by atoms with Crippen LogP contribution in [-0.4, -0.2) is 42.6 Å². The van der Waals surface area contributed by atoms with Crippen LogP contribution in [0, 0.1) is 6.92 Å². The molecule has 0 N–H and O–H groups in total. The molecule has 1 aliphatic carbocycles. The van der Waals surface area contributed by atoms with E-state index in [2.05, 4.69) is 20.1 Å². The van der Waals surface area contributed by atoms with Crippen LogP contribution in [-0.2, 0) is 6.54 Å². The Morgan fingerprint density at radius 2 is 1.97 bits per heavy atom. The van der Waals surface area contributed by atoms with Crippen molar-refractivity contribution < 1.29 is 9.21 Å². The number of carbonyl (C=O) groups is 1. The van der Waals surface area contributed by atoms with E-state index in [9.17, 15) is 4.79 Å². The molecule has 0 saturated heterocycles. The lowest BCUT2D eigenvalue weighted by atomic mass is 10.1. The maximum absolute atomic E-state index is 13.6. The topological polar surface area (TPSA) is 89.9 Å². The van der Waals surface area contributed by atoms with Crippen LogP contribution in [0.5, 0.6) is 0 Å². The van der Waals surface area contributed by atoms with Gasteiger partial charge in [-0.15, -0.1) is 0 Å². The first-order valence-electron chi connectivity index (χ1n) is 11.6. The van der Waals surface area contributed by atoms with Crippen LogP contribution >= 0.6 is 0 Å². The number of pyridine rings is 1. The van der Waals surface area contributed by atoms with Crippen molar-refractivity contribution in [2.45, 2.75) is 32.2 Å². The molecule has 4 heterocycles. The average molecular weight is 465 g/mol. The zero-order valence-electron chi connectivity index (χ0n) is 19.5. The summed E-state index contributed by atoms with van der Waals surface area (Å²) in [4.78, 5) is 28.9. The molecule has 6 rings (SSSR count). The van der Waals surface area contributed by atoms with Crippen LogP contribution in [0.2, 0.25) is 0 Å². The fourth-order valence-corrected chi connectivity index (χ4v) is 4.43. The molecule has 0 bridgehead atoms. The minimum Gasteiger partial charge on any atom is -0.460 e. The molecule has 0 spiro atoms. The normalized spacial score (nSPS) is 13.3. The Hall–Kier alpha value is -4.33. The second-order valence-electron chi connectivity index (χ2n) is 8.93. The summed E-state index contributed by atoms with van der Waals surface area (Å²) in [5.74, 6) is 2.12. The molecule has 0 unspecified atom stereocenters. The third-order valence-corrected chi connectivity index (χ3v) is 6.32. The van der Waals surface area contributed by atoms with Crippen LogP contribution in [0.15, 0.2) is 71.5 Å². The number of rotatable bonds is 6. The summed E-state index contributed by atoms with van der Waals surface area (Å²) in [6.07, 6.45) is 7.14. The first kappa shape index (κ1) is 21.2. The Morgan fingerprint density at radius 3 is 2.77 bits per heavy atom. The van der Waals surface area contributed by atoms with Crippen LogP contribution < -0.4 is 0 Å². The average Bonchev–Trinajstić information content (AvgIpc) is 3.47. The van der Waals surface area contributed by atoms with Gasteiger partial charge in [0.15, 0.2) is 5.76 Å². The lowest BCUT2D eigenvalue weighted by Crippen LogP contribution is -2.27. The first-order chi connectivity index (χ1) is 17.1. The van der Waals surface area contributed by atoms with Gasteiger partial charge in [-0.1, -0.05) is 18.2 Å². The minimum absolute atomic E-state index is 0.0724. The summed E-state index contributed by atoms with van der Waals surface area (Å²) in [7, 11) is 1.82. The number of nitrogens with zero attached hydrogens (tertiary/aromatic N) is 6. The highest BCUT2D eigenvalue weighted by molar-refractivity contribution is 5.95. The quantitative estimate of drug-likeness (QED) is 0.354. The Labute approximate surface area is 202 Å². The standard InChI is InChI=1S/C27H24N6O2/c1-17-8-11-24(35-17)23-12-14-29-27(31-23)33-25(18-9-10-18)21(15-30-33)26(34)32(2)16-19-5-3-7-22-20(19)6-4-13-28-22/h3-8,11-15,18H,9-10,16H2,1-2H3. The smallest absolute Gasteiger partial charge is 0.257 e. The molecule has 1 aromatic carbocycles. The fourth-order valence-electron chi connectivity index (χ4n) is 4.43. The van der Waals surface area contributed by atoms with Crippen LogP contribution in [0.25, 0.3) is 28.3 Å². The highest BCUT2D eigenvalue weighted by Gasteiger charge is 2.34. The summed E-state index contributed by atoms with van der Waals surface area (Å²) in [6.45, 7) is 2.37. The van der Waals surface area contributed by atoms with Gasteiger partial charge in [-0.2, -0.15) is 5.10 Å². The van der Waals surface area contributed by atoms with Gasteiger partial charge in [0.05, 0.1) is 23.0 Å². The largest absolute Gasteiger partial charge is 0.460 e.